The molecular formula is C6H14CuO7S2. The molecule has 1 radical (unpaired) electrons. The van der Waals surface area contributed by atoms with Gasteiger partial charge in [-0.2, -0.15) is 16.8 Å². The van der Waals surface area contributed by atoms with Crippen LogP contribution < -0.4 is 0 Å². The van der Waals surface area contributed by atoms with Crippen LogP contribution in [0.25, 0.3) is 0 Å². The Balaban J connectivity index is 0. The minimum atomic E-state index is -4.28. The topological polar surface area (TPSA) is 118 Å². The number of aliphatic hydroxyl groups is 1. The quantitative estimate of drug-likeness (QED) is 0.365. The predicted molar refractivity (Wildman–Crippen MR) is 52.4 cm³/mol. The second kappa shape index (κ2) is 6.90. The maximum atomic E-state index is 11.1. The van der Waals surface area contributed by atoms with Crippen LogP contribution in [0.2, 0.25) is 0 Å². The van der Waals surface area contributed by atoms with Gasteiger partial charge in [-0.1, -0.05) is 0 Å². The Kier molecular flexibility index (Phi) is 8.04. The molecule has 0 heterocycles. The van der Waals surface area contributed by atoms with E-state index in [0.29, 0.717) is 0 Å². The van der Waals surface area contributed by atoms with E-state index in [2.05, 4.69) is 4.18 Å². The second-order valence-corrected chi connectivity index (χ2v) is 6.37. The van der Waals surface area contributed by atoms with Gasteiger partial charge in [0.2, 0.25) is 0 Å². The molecule has 0 aliphatic carbocycles. The second-order valence-electron chi connectivity index (χ2n) is 3.23. The van der Waals surface area contributed by atoms with Crippen molar-refractivity contribution >= 4 is 20.2 Å². The zero-order valence-corrected chi connectivity index (χ0v) is 11.2. The first-order valence-electron chi connectivity index (χ1n) is 4.06. The van der Waals surface area contributed by atoms with E-state index in [1.54, 1.807) is 0 Å². The van der Waals surface area contributed by atoms with Crippen LogP contribution in [0.3, 0.4) is 0 Å². The third kappa shape index (κ3) is 10.8. The van der Waals surface area contributed by atoms with Crippen LogP contribution in [0.1, 0.15) is 13.8 Å². The molecule has 0 spiro atoms. The van der Waals surface area contributed by atoms with Gasteiger partial charge in [-0.05, 0) is 13.8 Å². The summed E-state index contributed by atoms with van der Waals surface area (Å²) in [4.78, 5) is 0. The first-order valence-corrected chi connectivity index (χ1v) is 7.24. The third-order valence-corrected chi connectivity index (χ3v) is 3.60. The Bertz CT molecular complexity index is 385. The van der Waals surface area contributed by atoms with E-state index >= 15 is 0 Å². The predicted octanol–water partition coefficient (Wildman–Crippen LogP) is -1.01. The molecule has 0 rings (SSSR count). The van der Waals surface area contributed by atoms with Crippen LogP contribution in [0.15, 0.2) is 0 Å². The molecule has 2 unspecified atom stereocenters. The summed E-state index contributed by atoms with van der Waals surface area (Å²) in [5.74, 6) is -1.44. The van der Waals surface area contributed by atoms with Crippen molar-refractivity contribution in [1.82, 2.24) is 0 Å². The molecule has 2 atom stereocenters. The van der Waals surface area contributed by atoms with E-state index in [0.717, 1.165) is 0 Å². The summed E-state index contributed by atoms with van der Waals surface area (Å²) >= 11 is 0. The molecule has 0 saturated heterocycles. The summed E-state index contributed by atoms with van der Waals surface area (Å²) in [6.07, 6.45) is -2.29. The van der Waals surface area contributed by atoms with E-state index < -0.39 is 43.9 Å². The normalized spacial score (nSPS) is 16.2. The van der Waals surface area contributed by atoms with Crippen LogP contribution in [-0.4, -0.2) is 50.2 Å². The van der Waals surface area contributed by atoms with Crippen molar-refractivity contribution in [3.63, 3.8) is 0 Å². The van der Waals surface area contributed by atoms with Crippen molar-refractivity contribution in [2.45, 2.75) is 26.1 Å². The molecule has 103 valence electrons. The maximum Gasteiger partial charge on any atom is 0.270 e. The van der Waals surface area contributed by atoms with Gasteiger partial charge in [0.25, 0.3) is 20.2 Å². The fourth-order valence-corrected chi connectivity index (χ4v) is 2.89. The summed E-state index contributed by atoms with van der Waals surface area (Å²) in [6.45, 7) is 2.45. The van der Waals surface area contributed by atoms with Crippen molar-refractivity contribution in [3.05, 3.63) is 0 Å². The summed E-state index contributed by atoms with van der Waals surface area (Å²) in [5.41, 5.74) is 0. The zero-order valence-electron chi connectivity index (χ0n) is 8.62. The number of rotatable bonds is 6. The average molecular weight is 326 g/mol. The average Bonchev–Trinajstić information content (AvgIpc) is 1.73. The van der Waals surface area contributed by atoms with Crippen LogP contribution in [0, 0.1) is 0 Å². The summed E-state index contributed by atoms with van der Waals surface area (Å²) in [7, 11) is -8.25. The summed E-state index contributed by atoms with van der Waals surface area (Å²) in [6, 6.07) is 0. The Hall–Kier alpha value is 0.299. The van der Waals surface area contributed by atoms with Gasteiger partial charge >= 0.3 is 0 Å². The molecule has 0 aromatic heterocycles. The molecule has 0 aliphatic rings. The zero-order chi connectivity index (χ0) is 12.3. The van der Waals surface area contributed by atoms with Gasteiger partial charge in [-0.15, -0.1) is 0 Å². The summed E-state index contributed by atoms with van der Waals surface area (Å²) < 4.78 is 55.7. The van der Waals surface area contributed by atoms with Gasteiger partial charge in [-0.25, -0.2) is 0 Å². The standard InChI is InChI=1S/C6H14O7S2.Cu/c1-5(7)3-15(11,12)13-6(2)4-14(8,9)10;/h5-7H,3-4H2,1-2H3,(H,8,9,10);. The Morgan fingerprint density at radius 3 is 1.88 bits per heavy atom. The van der Waals surface area contributed by atoms with Crippen molar-refractivity contribution < 1.29 is 47.7 Å². The molecule has 16 heavy (non-hydrogen) atoms. The monoisotopic (exact) mass is 325 g/mol. The summed E-state index contributed by atoms with van der Waals surface area (Å²) in [5, 5.41) is 8.81. The molecule has 0 aliphatic heterocycles. The van der Waals surface area contributed by atoms with Crippen molar-refractivity contribution in [2.75, 3.05) is 11.5 Å². The van der Waals surface area contributed by atoms with Crippen molar-refractivity contribution in [1.29, 1.82) is 0 Å². The first kappa shape index (κ1) is 18.7. The van der Waals surface area contributed by atoms with E-state index in [9.17, 15) is 16.8 Å². The number of hydrogen-bond acceptors (Lipinski definition) is 6. The molecule has 2 N–H and O–H groups in total. The van der Waals surface area contributed by atoms with Crippen LogP contribution in [0.5, 0.6) is 0 Å². The first-order chi connectivity index (χ1) is 6.52. The smallest absolute Gasteiger partial charge is 0.270 e. The van der Waals surface area contributed by atoms with E-state index in [4.69, 9.17) is 9.66 Å². The molecule has 7 nitrogen and oxygen atoms in total. The van der Waals surface area contributed by atoms with Crippen LogP contribution in [0.4, 0.5) is 0 Å². The number of aliphatic hydroxyl groups excluding tert-OH is 1. The van der Waals surface area contributed by atoms with Gasteiger partial charge < -0.3 is 5.11 Å². The van der Waals surface area contributed by atoms with Gasteiger partial charge in [0.05, 0.1) is 12.2 Å². The van der Waals surface area contributed by atoms with Crippen molar-refractivity contribution in [2.24, 2.45) is 0 Å². The SMILES string of the molecule is CC(O)CS(=O)(=O)OC(C)CS(=O)(=O)O.[Cu]. The van der Waals surface area contributed by atoms with Crippen LogP contribution >= 0.6 is 0 Å². The molecule has 10 heteroatoms. The number of hydrogen-bond donors (Lipinski definition) is 2. The molecule has 0 fully saturated rings. The van der Waals surface area contributed by atoms with E-state index in [1.165, 1.54) is 13.8 Å². The molecule has 0 aromatic rings. The van der Waals surface area contributed by atoms with Gasteiger partial charge in [0.15, 0.2) is 0 Å². The fourth-order valence-electron chi connectivity index (χ4n) is 0.909. The van der Waals surface area contributed by atoms with E-state index in [1.807, 2.05) is 0 Å². The Morgan fingerprint density at radius 2 is 1.56 bits per heavy atom. The van der Waals surface area contributed by atoms with Gasteiger partial charge in [-0.3, -0.25) is 8.74 Å². The Labute approximate surface area is 106 Å². The maximum absolute atomic E-state index is 11.1. The van der Waals surface area contributed by atoms with Gasteiger partial charge in [0, 0.05) is 17.1 Å². The molecule has 0 aromatic carbocycles. The third-order valence-electron chi connectivity index (χ3n) is 1.20. The largest absolute Gasteiger partial charge is 0.392 e. The minimum Gasteiger partial charge on any atom is -0.392 e. The molecular weight excluding hydrogens is 312 g/mol. The van der Waals surface area contributed by atoms with Crippen molar-refractivity contribution in [3.8, 4) is 0 Å². The molecule has 0 saturated carbocycles. The fraction of sp³-hybridized carbons (Fsp3) is 1.00. The Morgan fingerprint density at radius 1 is 1.12 bits per heavy atom. The van der Waals surface area contributed by atoms with Crippen LogP contribution in [-0.2, 0) is 41.5 Å². The molecule has 0 bridgehead atoms. The minimum absolute atomic E-state index is 0. The molecule has 0 amide bonds. The van der Waals surface area contributed by atoms with Gasteiger partial charge in [0.1, 0.15) is 11.5 Å². The van der Waals surface area contributed by atoms with E-state index in [-0.39, 0.29) is 17.1 Å².